The van der Waals surface area contributed by atoms with Crippen molar-refractivity contribution in [2.75, 3.05) is 10.6 Å². The predicted molar refractivity (Wildman–Crippen MR) is 140 cm³/mol. The maximum Gasteiger partial charge on any atom is 0.278 e. The Labute approximate surface area is 207 Å². The maximum atomic E-state index is 13.9. The number of fused-ring (bicyclic) bond motifs is 1. The fourth-order valence-corrected chi connectivity index (χ4v) is 4.26. The fraction of sp³-hybridized carbons (Fsp3) is 0.185. The largest absolute Gasteiger partial charge is 0.326 e. The van der Waals surface area contributed by atoms with Crippen LogP contribution in [-0.2, 0) is 9.59 Å². The van der Waals surface area contributed by atoms with Crippen LogP contribution in [0.1, 0.15) is 31.9 Å². The Morgan fingerprint density at radius 3 is 2.51 bits per heavy atom. The van der Waals surface area contributed by atoms with Gasteiger partial charge in [-0.15, -0.1) is 0 Å². The summed E-state index contributed by atoms with van der Waals surface area (Å²) in [6.07, 6.45) is 0.367. The Morgan fingerprint density at radius 2 is 1.80 bits per heavy atom. The third kappa shape index (κ3) is 5.10. The number of aromatic nitrogens is 2. The van der Waals surface area contributed by atoms with E-state index < -0.39 is 11.6 Å². The second kappa shape index (κ2) is 10.1. The van der Waals surface area contributed by atoms with Gasteiger partial charge >= 0.3 is 0 Å². The van der Waals surface area contributed by atoms with Crippen molar-refractivity contribution in [1.82, 2.24) is 9.55 Å². The Balaban J connectivity index is 1.91. The van der Waals surface area contributed by atoms with E-state index >= 15 is 0 Å². The summed E-state index contributed by atoms with van der Waals surface area (Å²) in [6.45, 7) is 5.15. The minimum Gasteiger partial charge on any atom is -0.326 e. The van der Waals surface area contributed by atoms with E-state index in [4.69, 9.17) is 11.6 Å². The molecule has 8 heteroatoms. The monoisotopic (exact) mass is 488 g/mol. The first-order valence-corrected chi connectivity index (χ1v) is 11.6. The second-order valence-corrected chi connectivity index (χ2v) is 8.71. The molecule has 0 radical (unpaired) electrons. The molecule has 0 aliphatic rings. The molecule has 3 aromatic carbocycles. The molecule has 2 N–H and O–H groups in total. The molecule has 7 nitrogen and oxygen atoms in total. The van der Waals surface area contributed by atoms with Gasteiger partial charge in [-0.2, -0.15) is 0 Å². The molecule has 4 rings (SSSR count). The van der Waals surface area contributed by atoms with Gasteiger partial charge in [-0.1, -0.05) is 48.4 Å². The van der Waals surface area contributed by atoms with Crippen molar-refractivity contribution in [2.24, 2.45) is 0 Å². The Kier molecular flexibility index (Phi) is 6.98. The van der Waals surface area contributed by atoms with Crippen molar-refractivity contribution in [3.05, 3.63) is 87.7 Å². The number of aryl methyl sites for hydroxylation is 1. The average molecular weight is 489 g/mol. The van der Waals surface area contributed by atoms with Crippen LogP contribution in [0.4, 0.5) is 11.4 Å². The van der Waals surface area contributed by atoms with Gasteiger partial charge in [-0.05, 0) is 55.8 Å². The van der Waals surface area contributed by atoms with Gasteiger partial charge < -0.3 is 10.6 Å². The van der Waals surface area contributed by atoms with Crippen molar-refractivity contribution in [3.63, 3.8) is 0 Å². The van der Waals surface area contributed by atoms with E-state index in [0.717, 1.165) is 5.56 Å². The highest BCUT2D eigenvalue weighted by Crippen LogP contribution is 2.29. The zero-order valence-electron chi connectivity index (χ0n) is 19.6. The first-order chi connectivity index (χ1) is 16.8. The molecule has 1 atom stereocenters. The number of nitrogens with one attached hydrogen (secondary N) is 2. The number of rotatable bonds is 6. The van der Waals surface area contributed by atoms with Gasteiger partial charge in [0.25, 0.3) is 5.56 Å². The van der Waals surface area contributed by atoms with Crippen LogP contribution < -0.4 is 16.2 Å². The Hall–Kier alpha value is -3.97. The number of hydrogen-bond donors (Lipinski definition) is 2. The van der Waals surface area contributed by atoms with E-state index in [1.807, 2.05) is 26.0 Å². The van der Waals surface area contributed by atoms with Crippen LogP contribution in [0, 0.1) is 6.92 Å². The molecule has 0 unspecified atom stereocenters. The first-order valence-electron chi connectivity index (χ1n) is 11.2. The van der Waals surface area contributed by atoms with Crippen LogP contribution in [0.2, 0.25) is 5.02 Å². The van der Waals surface area contributed by atoms with E-state index in [1.54, 1.807) is 54.6 Å². The lowest BCUT2D eigenvalue weighted by Crippen LogP contribution is -2.34. The van der Waals surface area contributed by atoms with E-state index in [0.29, 0.717) is 39.4 Å². The van der Waals surface area contributed by atoms with Crippen LogP contribution in [0.25, 0.3) is 22.3 Å². The summed E-state index contributed by atoms with van der Waals surface area (Å²) < 4.78 is 1.48. The second-order valence-electron chi connectivity index (χ2n) is 8.28. The highest BCUT2D eigenvalue weighted by atomic mass is 35.5. The standard InChI is InChI=1S/C27H25ClN4O3/c1-4-23(26(34)30-19-9-7-8-18(28)15-19)32-24-11-6-5-10-22(24)31-25(27(32)35)20-14-16(2)12-13-21(20)29-17(3)33/h5-15,23H,4H2,1-3H3,(H,29,33)(H,30,34)/t23-/m1/s1. The van der Waals surface area contributed by atoms with Gasteiger partial charge in [-0.3, -0.25) is 19.0 Å². The number of para-hydroxylation sites is 2. The fourth-order valence-electron chi connectivity index (χ4n) is 4.07. The van der Waals surface area contributed by atoms with Gasteiger partial charge in [0.2, 0.25) is 11.8 Å². The number of carbonyl (C=O) groups excluding carboxylic acids is 2. The highest BCUT2D eigenvalue weighted by Gasteiger charge is 2.25. The number of benzene rings is 3. The summed E-state index contributed by atoms with van der Waals surface area (Å²) in [4.78, 5) is 43.8. The molecule has 0 saturated heterocycles. The lowest BCUT2D eigenvalue weighted by Gasteiger charge is -2.21. The molecule has 0 saturated carbocycles. The van der Waals surface area contributed by atoms with Gasteiger partial charge in [0.15, 0.2) is 0 Å². The van der Waals surface area contributed by atoms with Crippen LogP contribution >= 0.6 is 11.6 Å². The van der Waals surface area contributed by atoms with Crippen molar-refractivity contribution < 1.29 is 9.59 Å². The van der Waals surface area contributed by atoms with Crippen LogP contribution in [-0.4, -0.2) is 21.4 Å². The van der Waals surface area contributed by atoms with Crippen LogP contribution in [0.15, 0.2) is 71.5 Å². The number of carbonyl (C=O) groups is 2. The topological polar surface area (TPSA) is 93.1 Å². The number of amides is 2. The van der Waals surface area contributed by atoms with Crippen molar-refractivity contribution in [2.45, 2.75) is 33.2 Å². The minimum absolute atomic E-state index is 0.158. The highest BCUT2D eigenvalue weighted by molar-refractivity contribution is 6.30. The number of halogens is 1. The molecule has 0 fully saturated rings. The Morgan fingerprint density at radius 1 is 1.03 bits per heavy atom. The SMILES string of the molecule is CC[C@H](C(=O)Nc1cccc(Cl)c1)n1c(=O)c(-c2cc(C)ccc2NC(C)=O)nc2ccccc21. The number of hydrogen-bond acceptors (Lipinski definition) is 4. The van der Waals surface area contributed by atoms with E-state index in [9.17, 15) is 14.4 Å². The molecule has 0 aliphatic heterocycles. The summed E-state index contributed by atoms with van der Waals surface area (Å²) >= 11 is 6.07. The van der Waals surface area contributed by atoms with Gasteiger partial charge in [-0.25, -0.2) is 4.98 Å². The third-order valence-corrected chi connectivity index (χ3v) is 5.86. The number of nitrogens with zero attached hydrogens (tertiary/aromatic N) is 2. The van der Waals surface area contributed by atoms with Gasteiger partial charge in [0, 0.05) is 23.2 Å². The van der Waals surface area contributed by atoms with Crippen molar-refractivity contribution in [3.8, 4) is 11.3 Å². The summed E-state index contributed by atoms with van der Waals surface area (Å²) in [5, 5.41) is 6.14. The zero-order chi connectivity index (χ0) is 25.1. The van der Waals surface area contributed by atoms with E-state index in [-0.39, 0.29) is 17.5 Å². The summed E-state index contributed by atoms with van der Waals surface area (Å²) in [6, 6.07) is 18.6. The molecule has 2 amide bonds. The average Bonchev–Trinajstić information content (AvgIpc) is 2.81. The zero-order valence-corrected chi connectivity index (χ0v) is 20.4. The molecule has 178 valence electrons. The Bertz CT molecular complexity index is 1500. The molecule has 35 heavy (non-hydrogen) atoms. The minimum atomic E-state index is -0.804. The lowest BCUT2D eigenvalue weighted by atomic mass is 10.0. The van der Waals surface area contributed by atoms with Gasteiger partial charge in [0.1, 0.15) is 11.7 Å². The summed E-state index contributed by atoms with van der Waals surface area (Å²) in [5.74, 6) is -0.603. The van der Waals surface area contributed by atoms with E-state index in [1.165, 1.54) is 11.5 Å². The number of anilines is 2. The van der Waals surface area contributed by atoms with Crippen LogP contribution in [0.3, 0.4) is 0 Å². The summed E-state index contributed by atoms with van der Waals surface area (Å²) in [7, 11) is 0. The lowest BCUT2D eigenvalue weighted by molar-refractivity contribution is -0.119. The van der Waals surface area contributed by atoms with Crippen LogP contribution in [0.5, 0.6) is 0 Å². The maximum absolute atomic E-state index is 13.9. The smallest absolute Gasteiger partial charge is 0.278 e. The molecular formula is C27H25ClN4O3. The molecule has 1 heterocycles. The molecule has 0 bridgehead atoms. The van der Waals surface area contributed by atoms with Crippen molar-refractivity contribution in [1.29, 1.82) is 0 Å². The third-order valence-electron chi connectivity index (χ3n) is 5.63. The van der Waals surface area contributed by atoms with Crippen molar-refractivity contribution >= 4 is 45.8 Å². The molecule has 4 aromatic rings. The molecule has 0 aliphatic carbocycles. The molecule has 1 aromatic heterocycles. The van der Waals surface area contributed by atoms with E-state index in [2.05, 4.69) is 15.6 Å². The summed E-state index contributed by atoms with van der Waals surface area (Å²) in [5.41, 5.74) is 3.26. The quantitative estimate of drug-likeness (QED) is 0.371. The molecule has 0 spiro atoms. The normalized spacial score (nSPS) is 11.8. The first kappa shape index (κ1) is 24.2. The predicted octanol–water partition coefficient (Wildman–Crippen LogP) is 5.57. The molecular weight excluding hydrogens is 464 g/mol. The van der Waals surface area contributed by atoms with Gasteiger partial charge in [0.05, 0.1) is 16.7 Å².